The van der Waals surface area contributed by atoms with E-state index in [-0.39, 0.29) is 0 Å². The molecule has 0 unspecified atom stereocenters. The summed E-state index contributed by atoms with van der Waals surface area (Å²) < 4.78 is 0. The number of aryl methyl sites for hydroxylation is 2. The second-order valence-corrected chi connectivity index (χ2v) is 3.93. The van der Waals surface area contributed by atoms with Crippen molar-refractivity contribution < 1.29 is 5.11 Å². The van der Waals surface area contributed by atoms with Crippen molar-refractivity contribution in [2.24, 2.45) is 0 Å². The van der Waals surface area contributed by atoms with Crippen LogP contribution in [-0.2, 0) is 12.8 Å². The quantitative estimate of drug-likeness (QED) is 0.804. The molecule has 1 N–H and O–H groups in total. The van der Waals surface area contributed by atoms with Gasteiger partial charge in [-0.15, -0.1) is 0 Å². The number of phenols is 1. The van der Waals surface area contributed by atoms with Crippen LogP contribution in [0.3, 0.4) is 0 Å². The maximum atomic E-state index is 9.32. The molecule has 0 spiro atoms. The van der Waals surface area contributed by atoms with Gasteiger partial charge in [-0.1, -0.05) is 35.3 Å². The molecule has 1 aromatic rings. The number of phenolic OH excluding ortho intramolecular Hbond substituents is 1. The summed E-state index contributed by atoms with van der Waals surface area (Å²) in [6.45, 7) is 2.15. The number of rotatable bonds is 4. The number of hydrogen-bond acceptors (Lipinski definition) is 1. The molecule has 0 heterocycles. The van der Waals surface area contributed by atoms with Crippen LogP contribution >= 0.6 is 15.9 Å². The minimum atomic E-state index is 0.377. The van der Waals surface area contributed by atoms with E-state index < -0.39 is 0 Å². The van der Waals surface area contributed by atoms with Gasteiger partial charge in [0.2, 0.25) is 0 Å². The lowest BCUT2D eigenvalue weighted by molar-refractivity contribution is 0.474. The van der Waals surface area contributed by atoms with E-state index >= 15 is 0 Å². The maximum Gasteiger partial charge on any atom is 0.115 e. The van der Waals surface area contributed by atoms with Crippen molar-refractivity contribution in [1.82, 2.24) is 0 Å². The molecule has 1 rings (SSSR count). The van der Waals surface area contributed by atoms with Crippen LogP contribution in [0.1, 0.15) is 24.5 Å². The van der Waals surface area contributed by atoms with Crippen molar-refractivity contribution in [3.63, 3.8) is 0 Å². The zero-order chi connectivity index (χ0) is 9.68. The van der Waals surface area contributed by atoms with E-state index in [2.05, 4.69) is 22.9 Å². The molecule has 13 heavy (non-hydrogen) atoms. The number of hydrogen-bond donors (Lipinski definition) is 1. The van der Waals surface area contributed by atoms with Gasteiger partial charge in [0.1, 0.15) is 5.75 Å². The van der Waals surface area contributed by atoms with E-state index in [1.165, 1.54) is 11.1 Å². The third-order valence-corrected chi connectivity index (χ3v) is 2.47. The predicted molar refractivity (Wildman–Crippen MR) is 59.6 cm³/mol. The molecule has 72 valence electrons. The average Bonchev–Trinajstić information content (AvgIpc) is 2.10. The van der Waals surface area contributed by atoms with Gasteiger partial charge in [-0.2, -0.15) is 0 Å². The molecule has 0 saturated heterocycles. The molecule has 0 radical (unpaired) electrons. The molecule has 0 bridgehead atoms. The first-order chi connectivity index (χ1) is 6.27. The lowest BCUT2D eigenvalue weighted by atomic mass is 10.0. The highest BCUT2D eigenvalue weighted by Gasteiger charge is 2.01. The van der Waals surface area contributed by atoms with Crippen molar-refractivity contribution in [1.29, 1.82) is 0 Å². The topological polar surface area (TPSA) is 20.2 Å². The summed E-state index contributed by atoms with van der Waals surface area (Å²) in [4.78, 5) is 0. The minimum absolute atomic E-state index is 0.377. The summed E-state index contributed by atoms with van der Waals surface area (Å²) in [5.41, 5.74) is 2.62. The molecule has 0 saturated carbocycles. The first-order valence-corrected chi connectivity index (χ1v) is 5.76. The first kappa shape index (κ1) is 10.6. The van der Waals surface area contributed by atoms with Gasteiger partial charge in [-0.05, 0) is 36.1 Å². The van der Waals surface area contributed by atoms with Crippen LogP contribution in [0, 0.1) is 0 Å². The third-order valence-electron chi connectivity index (χ3n) is 2.07. The zero-order valence-corrected chi connectivity index (χ0v) is 9.47. The SMILES string of the molecule is CCCc1cc(O)ccc1CCBr. The van der Waals surface area contributed by atoms with Crippen LogP contribution in [0.25, 0.3) is 0 Å². The molecule has 0 atom stereocenters. The number of aromatic hydroxyl groups is 1. The molecular weight excluding hydrogens is 228 g/mol. The normalized spacial score (nSPS) is 10.3. The van der Waals surface area contributed by atoms with Crippen molar-refractivity contribution in [2.45, 2.75) is 26.2 Å². The minimum Gasteiger partial charge on any atom is -0.508 e. The van der Waals surface area contributed by atoms with Gasteiger partial charge >= 0.3 is 0 Å². The fourth-order valence-corrected chi connectivity index (χ4v) is 1.89. The van der Waals surface area contributed by atoms with E-state index in [9.17, 15) is 5.11 Å². The van der Waals surface area contributed by atoms with Gasteiger partial charge in [0.05, 0.1) is 0 Å². The summed E-state index contributed by atoms with van der Waals surface area (Å²) in [5, 5.41) is 10.3. The third kappa shape index (κ3) is 3.03. The lowest BCUT2D eigenvalue weighted by Crippen LogP contribution is -1.94. The molecule has 0 aliphatic carbocycles. The summed E-state index contributed by atoms with van der Waals surface area (Å²) >= 11 is 3.43. The summed E-state index contributed by atoms with van der Waals surface area (Å²) in [7, 11) is 0. The van der Waals surface area contributed by atoms with E-state index in [4.69, 9.17) is 0 Å². The van der Waals surface area contributed by atoms with Crippen molar-refractivity contribution in [3.05, 3.63) is 29.3 Å². The molecule has 1 nitrogen and oxygen atoms in total. The largest absolute Gasteiger partial charge is 0.508 e. The van der Waals surface area contributed by atoms with E-state index in [0.29, 0.717) is 5.75 Å². The lowest BCUT2D eigenvalue weighted by Gasteiger charge is -2.07. The van der Waals surface area contributed by atoms with Crippen molar-refractivity contribution in [3.8, 4) is 5.75 Å². The second-order valence-electron chi connectivity index (χ2n) is 3.14. The van der Waals surface area contributed by atoms with Crippen molar-refractivity contribution >= 4 is 15.9 Å². The fraction of sp³-hybridized carbons (Fsp3) is 0.455. The van der Waals surface area contributed by atoms with E-state index in [1.807, 2.05) is 12.1 Å². The van der Waals surface area contributed by atoms with E-state index in [1.54, 1.807) is 6.07 Å². The van der Waals surface area contributed by atoms with Gasteiger partial charge in [0.15, 0.2) is 0 Å². The smallest absolute Gasteiger partial charge is 0.115 e. The molecule has 2 heteroatoms. The molecule has 1 aromatic carbocycles. The monoisotopic (exact) mass is 242 g/mol. The molecule has 0 fully saturated rings. The van der Waals surface area contributed by atoms with Crippen LogP contribution in [0.5, 0.6) is 5.75 Å². The van der Waals surface area contributed by atoms with Crippen LogP contribution in [0.4, 0.5) is 0 Å². The van der Waals surface area contributed by atoms with Crippen LogP contribution in [0.2, 0.25) is 0 Å². The van der Waals surface area contributed by atoms with Gasteiger partial charge in [-0.3, -0.25) is 0 Å². The Balaban J connectivity index is 2.89. The molecule has 0 amide bonds. The van der Waals surface area contributed by atoms with Gasteiger partial charge < -0.3 is 5.11 Å². The van der Waals surface area contributed by atoms with E-state index in [0.717, 1.165) is 24.6 Å². The summed E-state index contributed by atoms with van der Waals surface area (Å²) in [6.07, 6.45) is 3.21. The van der Waals surface area contributed by atoms with Crippen LogP contribution in [0.15, 0.2) is 18.2 Å². The number of halogens is 1. The standard InChI is InChI=1S/C11H15BrO/c1-2-3-10-8-11(13)5-4-9(10)6-7-12/h4-5,8,13H,2-3,6-7H2,1H3. The maximum absolute atomic E-state index is 9.32. The number of alkyl halides is 1. The Labute approximate surface area is 87.9 Å². The molecule has 0 aromatic heterocycles. The van der Waals surface area contributed by atoms with Crippen LogP contribution < -0.4 is 0 Å². The Morgan fingerprint density at radius 3 is 2.62 bits per heavy atom. The Bertz CT molecular complexity index is 271. The Morgan fingerprint density at radius 2 is 2.00 bits per heavy atom. The Kier molecular flexibility index (Phi) is 4.29. The molecule has 0 aliphatic rings. The Hall–Kier alpha value is -0.500. The summed E-state index contributed by atoms with van der Waals surface area (Å²) in [5.74, 6) is 0.377. The second kappa shape index (κ2) is 5.28. The predicted octanol–water partition coefficient (Wildman–Crippen LogP) is 3.28. The highest BCUT2D eigenvalue weighted by Crippen LogP contribution is 2.19. The highest BCUT2D eigenvalue weighted by atomic mass is 79.9. The highest BCUT2D eigenvalue weighted by molar-refractivity contribution is 9.09. The molecular formula is C11H15BrO. The van der Waals surface area contributed by atoms with Gasteiger partial charge in [0, 0.05) is 5.33 Å². The molecule has 0 aliphatic heterocycles. The Morgan fingerprint density at radius 1 is 1.23 bits per heavy atom. The van der Waals surface area contributed by atoms with Gasteiger partial charge in [0.25, 0.3) is 0 Å². The van der Waals surface area contributed by atoms with Crippen LogP contribution in [-0.4, -0.2) is 10.4 Å². The average molecular weight is 243 g/mol. The first-order valence-electron chi connectivity index (χ1n) is 4.64. The number of benzene rings is 1. The summed E-state index contributed by atoms with van der Waals surface area (Å²) in [6, 6.07) is 5.65. The van der Waals surface area contributed by atoms with Crippen molar-refractivity contribution in [2.75, 3.05) is 5.33 Å². The fourth-order valence-electron chi connectivity index (χ4n) is 1.46. The zero-order valence-electron chi connectivity index (χ0n) is 7.89. The van der Waals surface area contributed by atoms with Gasteiger partial charge in [-0.25, -0.2) is 0 Å².